The van der Waals surface area contributed by atoms with Gasteiger partial charge in [-0.2, -0.15) is 0 Å². The molecule has 0 bridgehead atoms. The van der Waals surface area contributed by atoms with Crippen molar-refractivity contribution in [3.8, 4) is 5.75 Å². The Labute approximate surface area is 125 Å². The van der Waals surface area contributed by atoms with Crippen LogP contribution in [-0.4, -0.2) is 22.5 Å². The van der Waals surface area contributed by atoms with Crippen LogP contribution in [0.1, 0.15) is 16.1 Å². The van der Waals surface area contributed by atoms with E-state index in [2.05, 4.69) is 4.98 Å². The summed E-state index contributed by atoms with van der Waals surface area (Å²) in [7, 11) is 1.33. The summed E-state index contributed by atoms with van der Waals surface area (Å²) >= 11 is 0. The first-order chi connectivity index (χ1) is 10.7. The van der Waals surface area contributed by atoms with Crippen LogP contribution >= 0.6 is 0 Å². The van der Waals surface area contributed by atoms with Crippen molar-refractivity contribution in [1.82, 2.24) is 9.38 Å². The Bertz CT molecular complexity index is 812. The summed E-state index contributed by atoms with van der Waals surface area (Å²) in [4.78, 5) is 15.9. The van der Waals surface area contributed by atoms with Crippen molar-refractivity contribution in [3.63, 3.8) is 0 Å². The molecule has 3 aromatic rings. The van der Waals surface area contributed by atoms with Gasteiger partial charge in [-0.15, -0.1) is 0 Å². The topological polar surface area (TPSA) is 52.8 Å². The van der Waals surface area contributed by atoms with Crippen molar-refractivity contribution >= 4 is 11.6 Å². The number of fused-ring (bicyclic) bond motifs is 1. The number of hydrogen-bond donors (Lipinski definition) is 0. The number of aromatic nitrogens is 2. The smallest absolute Gasteiger partial charge is 0.341 e. The van der Waals surface area contributed by atoms with Gasteiger partial charge < -0.3 is 9.47 Å². The summed E-state index contributed by atoms with van der Waals surface area (Å²) in [5.74, 6) is -0.201. The largest absolute Gasteiger partial charge is 0.487 e. The second-order valence-corrected chi connectivity index (χ2v) is 4.60. The molecule has 3 rings (SSSR count). The zero-order valence-corrected chi connectivity index (χ0v) is 11.8. The van der Waals surface area contributed by atoms with E-state index in [0.29, 0.717) is 17.0 Å². The summed E-state index contributed by atoms with van der Waals surface area (Å²) in [5, 5.41) is 0. The quantitative estimate of drug-likeness (QED) is 0.695. The van der Waals surface area contributed by atoms with E-state index in [1.807, 2.05) is 0 Å². The molecule has 2 heterocycles. The summed E-state index contributed by atoms with van der Waals surface area (Å²) < 4.78 is 24.9. The van der Waals surface area contributed by atoms with Gasteiger partial charge in [0, 0.05) is 6.20 Å². The lowest BCUT2D eigenvalue weighted by Crippen LogP contribution is -2.05. The molecule has 0 aliphatic heterocycles. The fourth-order valence-electron chi connectivity index (χ4n) is 2.13. The van der Waals surface area contributed by atoms with E-state index < -0.39 is 5.97 Å². The number of carbonyl (C=O) groups is 1. The zero-order valence-electron chi connectivity index (χ0n) is 11.8. The molecule has 0 radical (unpaired) electrons. The summed E-state index contributed by atoms with van der Waals surface area (Å²) in [5.41, 5.74) is 1.66. The molecule has 0 spiro atoms. The first-order valence-corrected chi connectivity index (χ1v) is 6.60. The third-order valence-corrected chi connectivity index (χ3v) is 3.22. The molecule has 0 amide bonds. The Hall–Kier alpha value is -2.89. The van der Waals surface area contributed by atoms with Crippen LogP contribution in [0.3, 0.4) is 0 Å². The highest BCUT2D eigenvalue weighted by Gasteiger charge is 2.14. The maximum absolute atomic E-state index is 12.8. The number of benzene rings is 1. The van der Waals surface area contributed by atoms with Crippen LogP contribution in [0.25, 0.3) is 5.65 Å². The molecular formula is C16H13FN2O3. The molecular weight excluding hydrogens is 287 g/mol. The molecule has 0 N–H and O–H groups in total. The monoisotopic (exact) mass is 300 g/mol. The zero-order chi connectivity index (χ0) is 15.5. The highest BCUT2D eigenvalue weighted by molar-refractivity contribution is 5.95. The van der Waals surface area contributed by atoms with E-state index in [4.69, 9.17) is 9.47 Å². The average molecular weight is 300 g/mol. The molecule has 0 aliphatic rings. The highest BCUT2D eigenvalue weighted by Crippen LogP contribution is 2.16. The van der Waals surface area contributed by atoms with Crippen molar-refractivity contribution in [3.05, 3.63) is 65.9 Å². The predicted molar refractivity (Wildman–Crippen MR) is 77.3 cm³/mol. The summed E-state index contributed by atoms with van der Waals surface area (Å²) in [6.07, 6.45) is 3.42. The maximum Gasteiger partial charge on any atom is 0.341 e. The molecule has 0 saturated carbocycles. The number of imidazole rings is 1. The van der Waals surface area contributed by atoms with Gasteiger partial charge in [-0.05, 0) is 36.4 Å². The van der Waals surface area contributed by atoms with Gasteiger partial charge in [-0.1, -0.05) is 0 Å². The Morgan fingerprint density at radius 3 is 2.77 bits per heavy atom. The lowest BCUT2D eigenvalue weighted by atomic mass is 10.3. The third kappa shape index (κ3) is 2.63. The number of methoxy groups -OCH3 is 1. The Kier molecular flexibility index (Phi) is 3.74. The fraction of sp³-hybridized carbons (Fsp3) is 0.125. The standard InChI is InChI=1S/C16H13FN2O3/c1-21-16(20)14-3-2-8-19-12(9-18-15(14)19)10-22-13-6-4-11(17)5-7-13/h2-9H,10H2,1H3. The van der Waals surface area contributed by atoms with Crippen molar-refractivity contribution in [2.75, 3.05) is 7.11 Å². The molecule has 2 aromatic heterocycles. The van der Waals surface area contributed by atoms with Crippen molar-refractivity contribution in [2.24, 2.45) is 0 Å². The number of hydrogen-bond acceptors (Lipinski definition) is 4. The Morgan fingerprint density at radius 2 is 2.05 bits per heavy atom. The van der Waals surface area contributed by atoms with E-state index >= 15 is 0 Å². The number of ether oxygens (including phenoxy) is 2. The van der Waals surface area contributed by atoms with Crippen LogP contribution in [0, 0.1) is 5.82 Å². The minimum Gasteiger partial charge on any atom is -0.487 e. The number of rotatable bonds is 4. The Morgan fingerprint density at radius 1 is 1.27 bits per heavy atom. The molecule has 6 heteroatoms. The molecule has 1 aromatic carbocycles. The second kappa shape index (κ2) is 5.85. The molecule has 5 nitrogen and oxygen atoms in total. The third-order valence-electron chi connectivity index (χ3n) is 3.22. The van der Waals surface area contributed by atoms with Gasteiger partial charge in [0.25, 0.3) is 0 Å². The lowest BCUT2D eigenvalue weighted by molar-refractivity contribution is 0.0602. The molecule has 22 heavy (non-hydrogen) atoms. The van der Waals surface area contributed by atoms with Gasteiger partial charge >= 0.3 is 5.97 Å². The van der Waals surface area contributed by atoms with E-state index in [1.54, 1.807) is 41.1 Å². The van der Waals surface area contributed by atoms with E-state index in [9.17, 15) is 9.18 Å². The number of carbonyl (C=O) groups excluding carboxylic acids is 1. The maximum atomic E-state index is 12.8. The van der Waals surface area contributed by atoms with E-state index in [1.165, 1.54) is 19.2 Å². The second-order valence-electron chi connectivity index (χ2n) is 4.60. The van der Waals surface area contributed by atoms with Gasteiger partial charge in [-0.25, -0.2) is 14.2 Å². The van der Waals surface area contributed by atoms with Gasteiger partial charge in [0.05, 0.1) is 19.0 Å². The van der Waals surface area contributed by atoms with Crippen LogP contribution < -0.4 is 4.74 Å². The van der Waals surface area contributed by atoms with Gasteiger partial charge in [-0.3, -0.25) is 4.40 Å². The van der Waals surface area contributed by atoms with E-state index in [0.717, 1.165) is 5.69 Å². The molecule has 0 fully saturated rings. The normalized spacial score (nSPS) is 10.6. The first-order valence-electron chi connectivity index (χ1n) is 6.60. The average Bonchev–Trinajstić information content (AvgIpc) is 2.97. The Balaban J connectivity index is 1.86. The van der Waals surface area contributed by atoms with Gasteiger partial charge in [0.1, 0.15) is 23.7 Å². The SMILES string of the molecule is COC(=O)c1cccn2c(COc3ccc(F)cc3)cnc12. The number of esters is 1. The van der Waals surface area contributed by atoms with Gasteiger partial charge in [0.15, 0.2) is 5.65 Å². The fourth-order valence-corrected chi connectivity index (χ4v) is 2.13. The molecule has 0 unspecified atom stereocenters. The van der Waals surface area contributed by atoms with Crippen LogP contribution in [-0.2, 0) is 11.3 Å². The summed E-state index contributed by atoms with van der Waals surface area (Å²) in [6.45, 7) is 0.247. The van der Waals surface area contributed by atoms with Crippen LogP contribution in [0.5, 0.6) is 5.75 Å². The van der Waals surface area contributed by atoms with E-state index in [-0.39, 0.29) is 12.4 Å². The van der Waals surface area contributed by atoms with Crippen LogP contribution in [0.15, 0.2) is 48.8 Å². The van der Waals surface area contributed by atoms with Crippen molar-refractivity contribution in [1.29, 1.82) is 0 Å². The molecule has 112 valence electrons. The number of halogens is 1. The minimum absolute atomic E-state index is 0.247. The summed E-state index contributed by atoms with van der Waals surface area (Å²) in [6, 6.07) is 9.16. The van der Waals surface area contributed by atoms with Crippen molar-refractivity contribution in [2.45, 2.75) is 6.61 Å². The lowest BCUT2D eigenvalue weighted by Gasteiger charge is -2.07. The van der Waals surface area contributed by atoms with Crippen LogP contribution in [0.2, 0.25) is 0 Å². The number of pyridine rings is 1. The first kappa shape index (κ1) is 14.1. The van der Waals surface area contributed by atoms with Gasteiger partial charge in [0.2, 0.25) is 0 Å². The van der Waals surface area contributed by atoms with Crippen LogP contribution in [0.4, 0.5) is 4.39 Å². The predicted octanol–water partition coefficient (Wildman–Crippen LogP) is 2.84. The highest BCUT2D eigenvalue weighted by atomic mass is 19.1. The molecule has 0 saturated heterocycles. The molecule has 0 atom stereocenters. The molecule has 0 aliphatic carbocycles. The van der Waals surface area contributed by atoms with Crippen molar-refractivity contribution < 1.29 is 18.7 Å². The minimum atomic E-state index is -0.442. The number of nitrogens with zero attached hydrogens (tertiary/aromatic N) is 2.